The largest absolute Gasteiger partial charge is 0.302 e. The molecule has 0 saturated carbocycles. The van der Waals surface area contributed by atoms with Crippen molar-refractivity contribution in [3.05, 3.63) is 90.0 Å². The fourth-order valence-corrected chi connectivity index (χ4v) is 6.22. The maximum Gasteiger partial charge on any atom is 0.260 e. The van der Waals surface area contributed by atoms with Crippen LogP contribution in [0.5, 0.6) is 0 Å². The van der Waals surface area contributed by atoms with E-state index in [-0.39, 0.29) is 17.3 Å². The first kappa shape index (κ1) is 26.9. The normalized spacial score (nSPS) is 11.9. The van der Waals surface area contributed by atoms with E-state index in [0.717, 1.165) is 28.9 Å². The lowest BCUT2D eigenvalue weighted by Gasteiger charge is -2.25. The van der Waals surface area contributed by atoms with Crippen molar-refractivity contribution in [2.75, 3.05) is 38.1 Å². The summed E-state index contributed by atoms with van der Waals surface area (Å²) in [5, 5.41) is 0.637. The monoisotopic (exact) mass is 536 g/mol. The van der Waals surface area contributed by atoms with Crippen LogP contribution in [0.1, 0.15) is 29.8 Å². The number of nitrogens with zero attached hydrogens (tertiary/aromatic N) is 4. The van der Waals surface area contributed by atoms with Crippen molar-refractivity contribution in [3.8, 4) is 0 Å². The van der Waals surface area contributed by atoms with Gasteiger partial charge in [0.15, 0.2) is 5.13 Å². The molecule has 4 rings (SSSR count). The number of hydrogen-bond donors (Lipinski definition) is 0. The average molecular weight is 537 g/mol. The number of para-hydroxylation sites is 1. The smallest absolute Gasteiger partial charge is 0.260 e. The molecule has 0 bridgehead atoms. The number of hydrogen-bond acceptors (Lipinski definition) is 6. The molecule has 0 N–H and O–H groups in total. The Bertz CT molecular complexity index is 1400. The fraction of sp³-hybridized carbons (Fsp3) is 0.286. The predicted octanol–water partition coefficient (Wildman–Crippen LogP) is 5.11. The molecule has 1 aromatic heterocycles. The molecule has 0 aliphatic carbocycles. The average Bonchev–Trinajstić information content (AvgIpc) is 3.35. The molecule has 0 atom stereocenters. The molecule has 4 aromatic rings. The molecule has 7 nitrogen and oxygen atoms in total. The second-order valence-electron chi connectivity index (χ2n) is 8.72. The van der Waals surface area contributed by atoms with Crippen LogP contribution in [0.4, 0.5) is 5.13 Å². The van der Waals surface area contributed by atoms with Crippen molar-refractivity contribution in [3.63, 3.8) is 0 Å². The minimum Gasteiger partial charge on any atom is -0.302 e. The quantitative estimate of drug-likeness (QED) is 0.267. The highest BCUT2D eigenvalue weighted by molar-refractivity contribution is 7.89. The zero-order chi connectivity index (χ0) is 26.4. The number of benzene rings is 3. The predicted molar refractivity (Wildman–Crippen MR) is 151 cm³/mol. The van der Waals surface area contributed by atoms with Gasteiger partial charge in [-0.1, -0.05) is 67.6 Å². The summed E-state index contributed by atoms with van der Waals surface area (Å²) < 4.78 is 28.6. The van der Waals surface area contributed by atoms with Crippen LogP contribution in [0.25, 0.3) is 10.2 Å². The Hall–Kier alpha value is -3.11. The number of anilines is 1. The Labute approximate surface area is 223 Å². The maximum atomic E-state index is 13.7. The Balaban J connectivity index is 1.57. The van der Waals surface area contributed by atoms with Crippen LogP contribution in [0.3, 0.4) is 0 Å². The Morgan fingerprint density at radius 1 is 0.865 bits per heavy atom. The lowest BCUT2D eigenvalue weighted by atomic mass is 10.2. The third-order valence-corrected chi connectivity index (χ3v) is 9.23. The molecule has 37 heavy (non-hydrogen) atoms. The van der Waals surface area contributed by atoms with Gasteiger partial charge in [-0.3, -0.25) is 9.69 Å². The molecule has 9 heteroatoms. The molecule has 0 fully saturated rings. The Kier molecular flexibility index (Phi) is 8.71. The van der Waals surface area contributed by atoms with Crippen molar-refractivity contribution >= 4 is 42.6 Å². The van der Waals surface area contributed by atoms with E-state index in [0.29, 0.717) is 23.8 Å². The van der Waals surface area contributed by atoms with Crippen LogP contribution < -0.4 is 4.90 Å². The lowest BCUT2D eigenvalue weighted by Crippen LogP contribution is -2.38. The highest BCUT2D eigenvalue weighted by Gasteiger charge is 2.24. The van der Waals surface area contributed by atoms with E-state index in [1.807, 2.05) is 54.6 Å². The van der Waals surface area contributed by atoms with E-state index in [1.165, 1.54) is 27.8 Å². The summed E-state index contributed by atoms with van der Waals surface area (Å²) in [7, 11) is -2.15. The zero-order valence-corrected chi connectivity index (χ0v) is 23.0. The lowest BCUT2D eigenvalue weighted by molar-refractivity contribution is 0.0983. The van der Waals surface area contributed by atoms with E-state index in [1.54, 1.807) is 24.1 Å². The molecule has 0 aliphatic rings. The first-order valence-corrected chi connectivity index (χ1v) is 14.6. The fourth-order valence-electron chi connectivity index (χ4n) is 4.07. The van der Waals surface area contributed by atoms with Crippen molar-refractivity contribution in [1.82, 2.24) is 14.2 Å². The number of amides is 1. The van der Waals surface area contributed by atoms with Gasteiger partial charge in [0.1, 0.15) is 0 Å². The van der Waals surface area contributed by atoms with Gasteiger partial charge in [0, 0.05) is 32.2 Å². The molecule has 0 aliphatic heterocycles. The second-order valence-corrected chi connectivity index (χ2v) is 11.8. The van der Waals surface area contributed by atoms with E-state index in [4.69, 9.17) is 4.98 Å². The number of likely N-dealkylation sites (N-methyl/N-ethyl adjacent to an activating group) is 1. The molecule has 3 aromatic carbocycles. The van der Waals surface area contributed by atoms with Crippen molar-refractivity contribution in [1.29, 1.82) is 0 Å². The summed E-state index contributed by atoms with van der Waals surface area (Å²) in [6.45, 7) is 7.44. The molecular weight excluding hydrogens is 504 g/mol. The number of carbonyl (C=O) groups excluding carboxylic acids is 1. The summed E-state index contributed by atoms with van der Waals surface area (Å²) in [6, 6.07) is 23.5. The summed E-state index contributed by atoms with van der Waals surface area (Å²) >= 11 is 1.48. The number of aromatic nitrogens is 1. The van der Waals surface area contributed by atoms with Crippen LogP contribution >= 0.6 is 11.3 Å². The van der Waals surface area contributed by atoms with Crippen LogP contribution in [0.2, 0.25) is 0 Å². The molecule has 0 spiro atoms. The van der Waals surface area contributed by atoms with Crippen molar-refractivity contribution in [2.24, 2.45) is 0 Å². The molecule has 1 heterocycles. The number of fused-ring (bicyclic) bond motifs is 1. The van der Waals surface area contributed by atoms with Crippen LogP contribution in [-0.2, 0) is 16.6 Å². The third-order valence-electron chi connectivity index (χ3n) is 6.35. The van der Waals surface area contributed by atoms with Gasteiger partial charge in [0.05, 0.1) is 15.1 Å². The molecule has 0 unspecified atom stereocenters. The topological polar surface area (TPSA) is 73.8 Å². The summed E-state index contributed by atoms with van der Waals surface area (Å²) in [4.78, 5) is 22.5. The maximum absolute atomic E-state index is 13.7. The molecule has 0 saturated heterocycles. The van der Waals surface area contributed by atoms with Crippen LogP contribution in [0, 0.1) is 0 Å². The summed E-state index contributed by atoms with van der Waals surface area (Å²) in [6.07, 6.45) is 0. The minimum atomic E-state index is -3.71. The van der Waals surface area contributed by atoms with Crippen molar-refractivity contribution < 1.29 is 13.2 Å². The van der Waals surface area contributed by atoms with Gasteiger partial charge >= 0.3 is 0 Å². The van der Waals surface area contributed by atoms with E-state index in [9.17, 15) is 13.2 Å². The number of rotatable bonds is 11. The Morgan fingerprint density at radius 3 is 2.16 bits per heavy atom. The first-order chi connectivity index (χ1) is 17.8. The third kappa shape index (κ3) is 6.24. The molecule has 0 radical (unpaired) electrons. The standard InChI is InChI=1S/C28H32N4O3S2/c1-4-31(5-2)19-20-32(28-29-25-13-9-10-14-26(25)36-28)27(33)23-15-17-24(18-16-23)37(34,35)30(3)21-22-11-7-6-8-12-22/h6-18H,4-5,19-21H2,1-3H3. The number of carbonyl (C=O) groups is 1. The van der Waals surface area contributed by atoms with E-state index < -0.39 is 10.0 Å². The number of thiazole rings is 1. The highest BCUT2D eigenvalue weighted by atomic mass is 32.2. The summed E-state index contributed by atoms with van der Waals surface area (Å²) in [5.41, 5.74) is 2.18. The van der Waals surface area contributed by atoms with E-state index >= 15 is 0 Å². The van der Waals surface area contributed by atoms with Gasteiger partial charge in [-0.25, -0.2) is 13.4 Å². The summed E-state index contributed by atoms with van der Waals surface area (Å²) in [5.74, 6) is -0.201. The first-order valence-electron chi connectivity index (χ1n) is 12.3. The number of sulfonamides is 1. The van der Waals surface area contributed by atoms with E-state index in [2.05, 4.69) is 18.7 Å². The van der Waals surface area contributed by atoms with Gasteiger partial charge in [0.2, 0.25) is 10.0 Å². The van der Waals surface area contributed by atoms with Crippen molar-refractivity contribution in [2.45, 2.75) is 25.3 Å². The van der Waals surface area contributed by atoms with Gasteiger partial charge in [0.25, 0.3) is 5.91 Å². The SMILES string of the molecule is CCN(CC)CCN(C(=O)c1ccc(S(=O)(=O)N(C)Cc2ccccc2)cc1)c1nc2ccccc2s1. The van der Waals surface area contributed by atoms with Crippen LogP contribution in [-0.4, -0.2) is 61.7 Å². The van der Waals surface area contributed by atoms with Crippen LogP contribution in [0.15, 0.2) is 83.8 Å². The zero-order valence-electron chi connectivity index (χ0n) is 21.4. The second kappa shape index (κ2) is 12.0. The van der Waals surface area contributed by atoms with Gasteiger partial charge in [-0.2, -0.15) is 4.31 Å². The molecule has 194 valence electrons. The van der Waals surface area contributed by atoms with Gasteiger partial charge in [-0.05, 0) is 55.1 Å². The Morgan fingerprint density at radius 2 is 1.51 bits per heavy atom. The van der Waals surface area contributed by atoms with Gasteiger partial charge in [-0.15, -0.1) is 0 Å². The molecular formula is C28H32N4O3S2. The molecule has 1 amide bonds. The highest BCUT2D eigenvalue weighted by Crippen LogP contribution is 2.30. The minimum absolute atomic E-state index is 0.150. The van der Waals surface area contributed by atoms with Gasteiger partial charge < -0.3 is 4.90 Å².